The zero-order valence-electron chi connectivity index (χ0n) is 15.1. The van der Waals surface area contributed by atoms with E-state index in [2.05, 4.69) is 62.4 Å². The molecule has 1 nitrogen and oxygen atoms in total. The molecule has 0 N–H and O–H groups in total. The molecule has 1 atom stereocenters. The maximum Gasteiger partial charge on any atom is 0.0956 e. The van der Waals surface area contributed by atoms with Gasteiger partial charge in [-0.25, -0.2) is 0 Å². The van der Waals surface area contributed by atoms with Gasteiger partial charge in [-0.3, -0.25) is 0 Å². The van der Waals surface area contributed by atoms with Gasteiger partial charge in [0.15, 0.2) is 0 Å². The summed E-state index contributed by atoms with van der Waals surface area (Å²) < 4.78 is 6.15. The second kappa shape index (κ2) is 8.37. The molecule has 2 aromatic carbocycles. The average molecular weight is 322 g/mol. The van der Waals surface area contributed by atoms with E-state index in [1.165, 1.54) is 54.9 Å². The highest BCUT2D eigenvalue weighted by atomic mass is 16.5. The second-order valence-corrected chi connectivity index (χ2v) is 7.33. The van der Waals surface area contributed by atoms with Gasteiger partial charge in [0.1, 0.15) is 0 Å². The van der Waals surface area contributed by atoms with Gasteiger partial charge in [0.25, 0.3) is 0 Å². The molecule has 0 saturated heterocycles. The summed E-state index contributed by atoms with van der Waals surface area (Å²) in [5.74, 6) is 1.94. The van der Waals surface area contributed by atoms with Crippen LogP contribution in [0.5, 0.6) is 0 Å². The van der Waals surface area contributed by atoms with E-state index in [9.17, 15) is 0 Å². The Kier molecular flexibility index (Phi) is 5.96. The molecule has 1 heteroatoms. The third-order valence-electron chi connectivity index (χ3n) is 5.27. The highest BCUT2D eigenvalue weighted by Gasteiger charge is 2.17. The van der Waals surface area contributed by atoms with Crippen LogP contribution in [0.3, 0.4) is 0 Å². The van der Waals surface area contributed by atoms with E-state index in [1.807, 2.05) is 0 Å². The maximum atomic E-state index is 6.15. The summed E-state index contributed by atoms with van der Waals surface area (Å²) in [6.07, 6.45) is 11.7. The normalized spacial score (nSPS) is 17.8. The van der Waals surface area contributed by atoms with Crippen LogP contribution in [0.25, 0.3) is 10.8 Å². The second-order valence-electron chi connectivity index (χ2n) is 7.33. The Hall–Kier alpha value is -1.76. The number of ether oxygens (including phenoxy) is 1. The van der Waals surface area contributed by atoms with Gasteiger partial charge in [0, 0.05) is 0 Å². The van der Waals surface area contributed by atoms with E-state index in [4.69, 9.17) is 4.74 Å². The van der Waals surface area contributed by atoms with E-state index in [-0.39, 0.29) is 0 Å². The quantitative estimate of drug-likeness (QED) is 0.540. The first-order valence-corrected chi connectivity index (χ1v) is 9.52. The monoisotopic (exact) mass is 322 g/mol. The van der Waals surface area contributed by atoms with Crippen LogP contribution < -0.4 is 0 Å². The summed E-state index contributed by atoms with van der Waals surface area (Å²) >= 11 is 0. The molecule has 2 aromatic rings. The Morgan fingerprint density at radius 3 is 2.67 bits per heavy atom. The lowest BCUT2D eigenvalue weighted by molar-refractivity contribution is 0.0998. The van der Waals surface area contributed by atoms with Gasteiger partial charge in [-0.2, -0.15) is 0 Å². The number of benzene rings is 2. The fraction of sp³-hybridized carbons (Fsp3) is 0.478. The number of fused-ring (bicyclic) bond motifs is 1. The van der Waals surface area contributed by atoms with Crippen LogP contribution in [0.2, 0.25) is 0 Å². The van der Waals surface area contributed by atoms with E-state index >= 15 is 0 Å². The molecule has 24 heavy (non-hydrogen) atoms. The van der Waals surface area contributed by atoms with E-state index in [1.54, 1.807) is 0 Å². The minimum Gasteiger partial charge on any atom is -0.496 e. The van der Waals surface area contributed by atoms with Gasteiger partial charge in [0.05, 0.1) is 11.9 Å². The van der Waals surface area contributed by atoms with Crippen molar-refractivity contribution in [1.82, 2.24) is 0 Å². The first kappa shape index (κ1) is 17.1. The first-order valence-electron chi connectivity index (χ1n) is 9.52. The third-order valence-corrected chi connectivity index (χ3v) is 5.27. The largest absolute Gasteiger partial charge is 0.496 e. The van der Waals surface area contributed by atoms with Crippen LogP contribution in [0, 0.1) is 5.92 Å². The highest BCUT2D eigenvalue weighted by molar-refractivity contribution is 5.85. The molecule has 1 saturated carbocycles. The maximum absolute atomic E-state index is 6.15. The zero-order chi connectivity index (χ0) is 16.8. The van der Waals surface area contributed by atoms with E-state index < -0.39 is 0 Å². The van der Waals surface area contributed by atoms with Gasteiger partial charge in [-0.15, -0.1) is 0 Å². The lowest BCUT2D eigenvalue weighted by Crippen LogP contribution is -2.16. The van der Waals surface area contributed by atoms with Gasteiger partial charge in [-0.1, -0.05) is 74.6 Å². The predicted molar refractivity (Wildman–Crippen MR) is 103 cm³/mol. The van der Waals surface area contributed by atoms with Gasteiger partial charge < -0.3 is 4.74 Å². The predicted octanol–water partition coefficient (Wildman–Crippen LogP) is 6.66. The molecule has 1 unspecified atom stereocenters. The fourth-order valence-electron chi connectivity index (χ4n) is 4.03. The molecule has 0 bridgehead atoms. The van der Waals surface area contributed by atoms with Crippen molar-refractivity contribution >= 4 is 10.8 Å². The lowest BCUT2D eigenvalue weighted by atomic mass is 9.86. The molecule has 0 aromatic heterocycles. The molecular formula is C23H30O. The van der Waals surface area contributed by atoms with Crippen LogP contribution >= 0.6 is 0 Å². The third kappa shape index (κ3) is 4.63. The van der Waals surface area contributed by atoms with Crippen molar-refractivity contribution in [2.45, 2.75) is 64.9 Å². The van der Waals surface area contributed by atoms with Gasteiger partial charge in [-0.05, 0) is 55.0 Å². The van der Waals surface area contributed by atoms with Crippen molar-refractivity contribution in [1.29, 1.82) is 0 Å². The molecule has 128 valence electrons. The molecule has 3 rings (SSSR count). The summed E-state index contributed by atoms with van der Waals surface area (Å²) in [7, 11) is 0. The molecular weight excluding hydrogens is 292 g/mol. The molecule has 0 heterocycles. The van der Waals surface area contributed by atoms with Crippen molar-refractivity contribution in [2.75, 3.05) is 0 Å². The summed E-state index contributed by atoms with van der Waals surface area (Å²) in [6, 6.07) is 15.1. The molecule has 1 fully saturated rings. The van der Waals surface area contributed by atoms with Gasteiger partial charge in [0.2, 0.25) is 0 Å². The topological polar surface area (TPSA) is 9.23 Å². The van der Waals surface area contributed by atoms with Crippen LogP contribution in [0.15, 0.2) is 54.3 Å². The van der Waals surface area contributed by atoms with E-state index in [0.717, 1.165) is 18.1 Å². The summed E-state index contributed by atoms with van der Waals surface area (Å²) in [5.41, 5.74) is 1.37. The standard InChI is InChI=1S/C23H30O/c1-18(24-19(2)17-20-9-4-3-5-10-20)15-16-22-13-8-12-21-11-6-7-14-23(21)22/h6-8,11-15,19-20H,3-5,9-10,16-17H2,1-2H3/b18-15+. The smallest absolute Gasteiger partial charge is 0.0956 e. The van der Waals surface area contributed by atoms with Crippen LogP contribution in [-0.4, -0.2) is 6.10 Å². The number of hydrogen-bond donors (Lipinski definition) is 0. The number of allylic oxidation sites excluding steroid dienone is 2. The van der Waals surface area contributed by atoms with Crippen LogP contribution in [0.1, 0.15) is 57.9 Å². The highest BCUT2D eigenvalue weighted by Crippen LogP contribution is 2.28. The Balaban J connectivity index is 1.57. The first-order chi connectivity index (χ1) is 11.7. The molecule has 0 amide bonds. The number of hydrogen-bond acceptors (Lipinski definition) is 1. The van der Waals surface area contributed by atoms with Crippen molar-refractivity contribution in [3.8, 4) is 0 Å². The zero-order valence-corrected chi connectivity index (χ0v) is 15.1. The van der Waals surface area contributed by atoms with Crippen molar-refractivity contribution in [3.05, 3.63) is 59.9 Å². The van der Waals surface area contributed by atoms with Crippen molar-refractivity contribution in [2.24, 2.45) is 5.92 Å². The Bertz CT molecular complexity index is 674. The average Bonchev–Trinajstić information content (AvgIpc) is 2.60. The molecule has 0 radical (unpaired) electrons. The summed E-state index contributed by atoms with van der Waals surface area (Å²) in [5, 5.41) is 2.66. The Morgan fingerprint density at radius 1 is 1.08 bits per heavy atom. The molecule has 0 aliphatic heterocycles. The Morgan fingerprint density at radius 2 is 1.83 bits per heavy atom. The van der Waals surface area contributed by atoms with E-state index in [0.29, 0.717) is 6.10 Å². The lowest BCUT2D eigenvalue weighted by Gasteiger charge is -2.25. The number of rotatable bonds is 6. The SMILES string of the molecule is C/C(=C\Cc1cccc2ccccc12)OC(C)CC1CCCCC1. The van der Waals surface area contributed by atoms with Crippen molar-refractivity contribution in [3.63, 3.8) is 0 Å². The van der Waals surface area contributed by atoms with Gasteiger partial charge >= 0.3 is 0 Å². The minimum absolute atomic E-state index is 0.330. The molecule has 1 aliphatic rings. The van der Waals surface area contributed by atoms with Crippen LogP contribution in [0.4, 0.5) is 0 Å². The minimum atomic E-state index is 0.330. The summed E-state index contributed by atoms with van der Waals surface area (Å²) in [4.78, 5) is 0. The Labute approximate surface area is 146 Å². The molecule has 0 spiro atoms. The fourth-order valence-corrected chi connectivity index (χ4v) is 4.03. The summed E-state index contributed by atoms with van der Waals surface area (Å²) in [6.45, 7) is 4.33. The van der Waals surface area contributed by atoms with Crippen LogP contribution in [-0.2, 0) is 11.2 Å². The molecule has 1 aliphatic carbocycles. The van der Waals surface area contributed by atoms with Crippen molar-refractivity contribution < 1.29 is 4.74 Å².